The Kier molecular flexibility index (Phi) is 7.20. The molecule has 2 aromatic heterocycles. The third-order valence-electron chi connectivity index (χ3n) is 6.10. The summed E-state index contributed by atoms with van der Waals surface area (Å²) in [6.45, 7) is 4.60. The maximum absolute atomic E-state index is 13.3. The number of nitrogens with two attached hydrogens (primary N) is 1. The van der Waals surface area contributed by atoms with Crippen LogP contribution in [0.5, 0.6) is 0 Å². The highest BCUT2D eigenvalue weighted by Gasteiger charge is 2.29. The van der Waals surface area contributed by atoms with Crippen molar-refractivity contribution in [3.05, 3.63) is 53.5 Å². The first-order chi connectivity index (χ1) is 17.2. The molecular weight excluding hydrogens is 484 g/mol. The second-order valence-corrected chi connectivity index (χ2v) is 9.18. The number of nitrogens with one attached hydrogen (secondary N) is 1. The van der Waals surface area contributed by atoms with Gasteiger partial charge in [-0.25, -0.2) is 14.6 Å². The number of amides is 3. The fraction of sp³-hybridized carbons (Fsp3) is 0.333. The molecule has 3 aromatic rings. The van der Waals surface area contributed by atoms with Crippen molar-refractivity contribution in [1.82, 2.24) is 29.5 Å². The fourth-order valence-corrected chi connectivity index (χ4v) is 4.43. The van der Waals surface area contributed by atoms with Crippen molar-refractivity contribution < 1.29 is 14.4 Å². The maximum Gasteiger partial charge on any atom is 0.277 e. The predicted molar refractivity (Wildman–Crippen MR) is 137 cm³/mol. The van der Waals surface area contributed by atoms with E-state index in [-0.39, 0.29) is 40.8 Å². The van der Waals surface area contributed by atoms with Crippen LogP contribution in [0.25, 0.3) is 11.0 Å². The molecule has 1 aliphatic rings. The molecule has 3 amide bonds. The highest BCUT2D eigenvalue weighted by Crippen LogP contribution is 2.30. The van der Waals surface area contributed by atoms with Gasteiger partial charge in [-0.2, -0.15) is 5.10 Å². The molecule has 0 radical (unpaired) electrons. The summed E-state index contributed by atoms with van der Waals surface area (Å²) in [5.41, 5.74) is 7.67. The Hall–Kier alpha value is -3.99. The Balaban J connectivity index is 1.63. The van der Waals surface area contributed by atoms with Crippen LogP contribution in [0.4, 0.5) is 11.5 Å². The second kappa shape index (κ2) is 10.3. The molecule has 1 atom stereocenters. The van der Waals surface area contributed by atoms with Gasteiger partial charge < -0.3 is 20.9 Å². The van der Waals surface area contributed by atoms with Gasteiger partial charge in [0, 0.05) is 27.2 Å². The van der Waals surface area contributed by atoms with Gasteiger partial charge in [-0.3, -0.25) is 14.4 Å². The maximum atomic E-state index is 13.3. The number of likely N-dealkylation sites (tertiary alicyclic amines) is 1. The van der Waals surface area contributed by atoms with Crippen molar-refractivity contribution in [2.75, 3.05) is 38.2 Å². The molecule has 11 nitrogen and oxygen atoms in total. The van der Waals surface area contributed by atoms with Gasteiger partial charge in [0.1, 0.15) is 12.1 Å². The zero-order valence-electron chi connectivity index (χ0n) is 20.1. The molecule has 12 heteroatoms. The van der Waals surface area contributed by atoms with E-state index in [0.29, 0.717) is 29.8 Å². The molecule has 36 heavy (non-hydrogen) atoms. The summed E-state index contributed by atoms with van der Waals surface area (Å²) in [5.74, 6) is -0.635. The Morgan fingerprint density at radius 1 is 1.31 bits per heavy atom. The minimum Gasteiger partial charge on any atom is -0.383 e. The molecule has 1 aromatic carbocycles. The van der Waals surface area contributed by atoms with Crippen molar-refractivity contribution >= 4 is 51.9 Å². The summed E-state index contributed by atoms with van der Waals surface area (Å²) in [6, 6.07) is 4.81. The first-order valence-electron chi connectivity index (χ1n) is 11.4. The highest BCUT2D eigenvalue weighted by molar-refractivity contribution is 6.34. The standard InChI is InChI=1S/C24H27ClN8O3/c1-4-18(34)32-9-5-6-15(12-32)33-23-20(22(26)27-13-28-23)21(30-33)24(36)29-17-8-7-14(10-16(17)25)11-19(35)31(2)3/h4,7-8,10,13,15H,1,5-6,9,11-12H2,2-3H3,(H,29,36)(H2,26,27,28)/t15-/m1/s1. The van der Waals surface area contributed by atoms with Crippen LogP contribution in [0.2, 0.25) is 5.02 Å². The number of hydrogen-bond donors (Lipinski definition) is 2. The first-order valence-corrected chi connectivity index (χ1v) is 11.8. The molecular formula is C24H27ClN8O3. The topological polar surface area (TPSA) is 139 Å². The molecule has 1 fully saturated rings. The molecule has 1 aliphatic heterocycles. The summed E-state index contributed by atoms with van der Waals surface area (Å²) >= 11 is 6.40. The minimum atomic E-state index is -0.533. The van der Waals surface area contributed by atoms with Gasteiger partial charge >= 0.3 is 0 Å². The van der Waals surface area contributed by atoms with E-state index in [9.17, 15) is 14.4 Å². The molecule has 0 aliphatic carbocycles. The summed E-state index contributed by atoms with van der Waals surface area (Å²) in [5, 5.41) is 7.94. The molecule has 0 bridgehead atoms. The number of hydrogen-bond acceptors (Lipinski definition) is 7. The van der Waals surface area contributed by atoms with E-state index in [2.05, 4.69) is 27.0 Å². The van der Waals surface area contributed by atoms with Crippen LogP contribution in [0.1, 0.15) is 34.9 Å². The average molecular weight is 511 g/mol. The Bertz CT molecular complexity index is 1350. The monoisotopic (exact) mass is 510 g/mol. The smallest absolute Gasteiger partial charge is 0.277 e. The third-order valence-corrected chi connectivity index (χ3v) is 6.41. The van der Waals surface area contributed by atoms with Crippen LogP contribution in [-0.2, 0) is 16.0 Å². The predicted octanol–water partition coefficient (Wildman–Crippen LogP) is 2.29. The lowest BCUT2D eigenvalue weighted by molar-refractivity contribution is -0.128. The number of anilines is 2. The van der Waals surface area contributed by atoms with Gasteiger partial charge in [0.25, 0.3) is 5.91 Å². The molecule has 1 saturated heterocycles. The number of benzene rings is 1. The van der Waals surface area contributed by atoms with Crippen LogP contribution in [0, 0.1) is 0 Å². The summed E-state index contributed by atoms with van der Waals surface area (Å²) in [4.78, 5) is 49.0. The quantitative estimate of drug-likeness (QED) is 0.485. The van der Waals surface area contributed by atoms with E-state index in [1.54, 1.807) is 41.9 Å². The SMILES string of the molecule is C=CC(=O)N1CCC[C@@H](n2nc(C(=O)Nc3ccc(CC(=O)N(C)C)cc3Cl)c3c(N)ncnc32)C1. The van der Waals surface area contributed by atoms with E-state index in [1.165, 1.54) is 17.3 Å². The molecule has 188 valence electrons. The molecule has 0 spiro atoms. The third kappa shape index (κ3) is 5.01. The zero-order chi connectivity index (χ0) is 26.0. The van der Waals surface area contributed by atoms with Gasteiger partial charge in [-0.1, -0.05) is 24.2 Å². The zero-order valence-corrected chi connectivity index (χ0v) is 20.8. The summed E-state index contributed by atoms with van der Waals surface area (Å²) < 4.78 is 1.64. The average Bonchev–Trinajstić information content (AvgIpc) is 3.26. The largest absolute Gasteiger partial charge is 0.383 e. The van der Waals surface area contributed by atoms with Crippen LogP contribution in [-0.4, -0.2) is 74.5 Å². The number of carbonyl (C=O) groups excluding carboxylic acids is 3. The fourth-order valence-electron chi connectivity index (χ4n) is 4.18. The Morgan fingerprint density at radius 2 is 2.08 bits per heavy atom. The van der Waals surface area contributed by atoms with Crippen molar-refractivity contribution in [2.45, 2.75) is 25.3 Å². The number of rotatable bonds is 6. The van der Waals surface area contributed by atoms with Gasteiger partial charge in [0.15, 0.2) is 11.3 Å². The van der Waals surface area contributed by atoms with Gasteiger partial charge in [0.05, 0.1) is 28.6 Å². The lowest BCUT2D eigenvalue weighted by atomic mass is 10.1. The summed E-state index contributed by atoms with van der Waals surface area (Å²) in [7, 11) is 3.36. The van der Waals surface area contributed by atoms with Crippen LogP contribution >= 0.6 is 11.6 Å². The van der Waals surface area contributed by atoms with Crippen LogP contribution in [0.15, 0.2) is 37.2 Å². The lowest BCUT2D eigenvalue weighted by Gasteiger charge is -2.32. The van der Waals surface area contributed by atoms with Crippen molar-refractivity contribution in [3.63, 3.8) is 0 Å². The molecule has 3 heterocycles. The number of halogens is 1. The van der Waals surface area contributed by atoms with Crippen molar-refractivity contribution in [2.24, 2.45) is 0 Å². The molecule has 0 saturated carbocycles. The van der Waals surface area contributed by atoms with E-state index in [0.717, 1.165) is 18.4 Å². The minimum absolute atomic E-state index is 0.0539. The molecule has 0 unspecified atom stereocenters. The van der Waals surface area contributed by atoms with E-state index < -0.39 is 5.91 Å². The number of fused-ring (bicyclic) bond motifs is 1. The number of carbonyl (C=O) groups is 3. The summed E-state index contributed by atoms with van der Waals surface area (Å²) in [6.07, 6.45) is 4.32. The van der Waals surface area contributed by atoms with Crippen molar-refractivity contribution in [1.29, 1.82) is 0 Å². The number of piperidine rings is 1. The lowest BCUT2D eigenvalue weighted by Crippen LogP contribution is -2.40. The van der Waals surface area contributed by atoms with Gasteiger partial charge in [-0.15, -0.1) is 0 Å². The second-order valence-electron chi connectivity index (χ2n) is 8.77. The normalized spacial score (nSPS) is 15.5. The molecule has 3 N–H and O–H groups in total. The van der Waals surface area contributed by atoms with E-state index >= 15 is 0 Å². The molecule has 4 rings (SSSR count). The van der Waals surface area contributed by atoms with Gasteiger partial charge in [-0.05, 0) is 36.6 Å². The first kappa shape index (κ1) is 25.1. The van der Waals surface area contributed by atoms with E-state index in [1.807, 2.05) is 0 Å². The van der Waals surface area contributed by atoms with Crippen LogP contribution < -0.4 is 11.1 Å². The number of nitrogen functional groups attached to an aromatic ring is 1. The Morgan fingerprint density at radius 3 is 2.78 bits per heavy atom. The van der Waals surface area contributed by atoms with Gasteiger partial charge in [0.2, 0.25) is 11.8 Å². The Labute approximate surface area is 212 Å². The number of aromatic nitrogens is 4. The van der Waals surface area contributed by atoms with E-state index in [4.69, 9.17) is 17.3 Å². The number of likely N-dealkylation sites (N-methyl/N-ethyl adjacent to an activating group) is 1. The van der Waals surface area contributed by atoms with Crippen LogP contribution in [0.3, 0.4) is 0 Å². The highest BCUT2D eigenvalue weighted by atomic mass is 35.5. The van der Waals surface area contributed by atoms with Crippen molar-refractivity contribution in [3.8, 4) is 0 Å². The number of nitrogens with zero attached hydrogens (tertiary/aromatic N) is 6.